The van der Waals surface area contributed by atoms with Crippen molar-refractivity contribution in [2.24, 2.45) is 11.7 Å². The van der Waals surface area contributed by atoms with E-state index in [1.54, 1.807) is 24.3 Å². The maximum atomic E-state index is 12.1. The van der Waals surface area contributed by atoms with Crippen LogP contribution in [0.3, 0.4) is 0 Å². The van der Waals surface area contributed by atoms with E-state index in [0.717, 1.165) is 38.2 Å². The van der Waals surface area contributed by atoms with Gasteiger partial charge in [-0.25, -0.2) is 0 Å². The van der Waals surface area contributed by atoms with Crippen LogP contribution in [0.2, 0.25) is 0 Å². The smallest absolute Gasteiger partial charge is 0.227 e. The fraction of sp³-hybridized carbons (Fsp3) is 0.500. The summed E-state index contributed by atoms with van der Waals surface area (Å²) < 4.78 is 0. The minimum absolute atomic E-state index is 0.0677. The molecule has 0 unspecified atom stereocenters. The average molecular weight is 263 g/mol. The summed E-state index contributed by atoms with van der Waals surface area (Å²) in [5.74, 6) is 0.342. The van der Waals surface area contributed by atoms with E-state index in [1.165, 1.54) is 0 Å². The molecule has 2 rings (SSSR count). The lowest BCUT2D eigenvalue weighted by molar-refractivity contribution is -0.121. The molecule has 1 heterocycles. The van der Waals surface area contributed by atoms with Crippen LogP contribution in [0.15, 0.2) is 24.3 Å². The van der Waals surface area contributed by atoms with Gasteiger partial charge in [0.2, 0.25) is 5.91 Å². The molecular formula is C14H21N3O2. The average Bonchev–Trinajstić information content (AvgIpc) is 2.42. The molecule has 1 saturated heterocycles. The number of rotatable bonds is 4. The molecule has 0 spiro atoms. The van der Waals surface area contributed by atoms with Crippen LogP contribution in [0.5, 0.6) is 5.75 Å². The Morgan fingerprint density at radius 3 is 2.53 bits per heavy atom. The number of carbonyl (C=O) groups excluding carboxylic acids is 1. The van der Waals surface area contributed by atoms with Crippen LogP contribution in [0.25, 0.3) is 0 Å². The van der Waals surface area contributed by atoms with E-state index in [2.05, 4.69) is 10.2 Å². The first-order valence-corrected chi connectivity index (χ1v) is 6.71. The number of carbonyl (C=O) groups is 1. The van der Waals surface area contributed by atoms with Gasteiger partial charge in [0.05, 0.1) is 0 Å². The summed E-state index contributed by atoms with van der Waals surface area (Å²) in [6, 6.07) is 6.55. The number of likely N-dealkylation sites (tertiary alicyclic amines) is 1. The van der Waals surface area contributed by atoms with Crippen molar-refractivity contribution in [1.82, 2.24) is 4.90 Å². The number of benzene rings is 1. The van der Waals surface area contributed by atoms with Crippen LogP contribution in [-0.2, 0) is 4.79 Å². The first kappa shape index (κ1) is 13.8. The van der Waals surface area contributed by atoms with Crippen molar-refractivity contribution >= 4 is 11.6 Å². The van der Waals surface area contributed by atoms with E-state index in [1.807, 2.05) is 0 Å². The van der Waals surface area contributed by atoms with Gasteiger partial charge < -0.3 is 21.1 Å². The van der Waals surface area contributed by atoms with Crippen molar-refractivity contribution in [2.75, 3.05) is 31.5 Å². The number of amides is 1. The predicted molar refractivity (Wildman–Crippen MR) is 75.0 cm³/mol. The summed E-state index contributed by atoms with van der Waals surface area (Å²) in [4.78, 5) is 14.4. The van der Waals surface area contributed by atoms with Crippen molar-refractivity contribution in [2.45, 2.75) is 12.8 Å². The summed E-state index contributed by atoms with van der Waals surface area (Å²) in [6.45, 7) is 3.45. The molecule has 0 saturated carbocycles. The second kappa shape index (κ2) is 6.54. The summed E-state index contributed by atoms with van der Waals surface area (Å²) >= 11 is 0. The minimum atomic E-state index is 0.0677. The van der Waals surface area contributed by atoms with Crippen molar-refractivity contribution < 1.29 is 9.90 Å². The van der Waals surface area contributed by atoms with Gasteiger partial charge in [-0.3, -0.25) is 4.79 Å². The number of nitrogens with two attached hydrogens (primary N) is 1. The minimum Gasteiger partial charge on any atom is -0.508 e. The second-order valence-electron chi connectivity index (χ2n) is 4.94. The van der Waals surface area contributed by atoms with Crippen LogP contribution >= 0.6 is 0 Å². The zero-order chi connectivity index (χ0) is 13.7. The molecule has 1 aliphatic heterocycles. The molecule has 0 aliphatic carbocycles. The Morgan fingerprint density at radius 1 is 1.32 bits per heavy atom. The van der Waals surface area contributed by atoms with Gasteiger partial charge in [0.1, 0.15) is 5.75 Å². The Morgan fingerprint density at radius 2 is 1.95 bits per heavy atom. The molecule has 1 aliphatic rings. The van der Waals surface area contributed by atoms with Gasteiger partial charge in [0, 0.05) is 24.7 Å². The molecule has 1 fully saturated rings. The number of piperidine rings is 1. The zero-order valence-electron chi connectivity index (χ0n) is 11.0. The number of hydrogen-bond acceptors (Lipinski definition) is 4. The maximum Gasteiger partial charge on any atom is 0.227 e. The van der Waals surface area contributed by atoms with Gasteiger partial charge in [-0.1, -0.05) is 0 Å². The highest BCUT2D eigenvalue weighted by molar-refractivity contribution is 5.92. The quantitative estimate of drug-likeness (QED) is 0.708. The van der Waals surface area contributed by atoms with Crippen LogP contribution in [0, 0.1) is 5.92 Å². The van der Waals surface area contributed by atoms with Crippen LogP contribution < -0.4 is 11.1 Å². The standard InChI is InChI=1S/C14H21N3O2/c15-7-10-17-8-5-11(6-9-17)14(19)16-12-1-3-13(18)4-2-12/h1-4,11,18H,5-10,15H2,(H,16,19). The van der Waals surface area contributed by atoms with E-state index in [-0.39, 0.29) is 17.6 Å². The fourth-order valence-electron chi connectivity index (χ4n) is 2.39. The molecule has 19 heavy (non-hydrogen) atoms. The molecular weight excluding hydrogens is 242 g/mol. The number of hydrogen-bond donors (Lipinski definition) is 3. The zero-order valence-corrected chi connectivity index (χ0v) is 11.0. The van der Waals surface area contributed by atoms with Crippen LogP contribution in [0.1, 0.15) is 12.8 Å². The van der Waals surface area contributed by atoms with Crippen LogP contribution in [-0.4, -0.2) is 42.1 Å². The molecule has 0 aromatic heterocycles. The Hall–Kier alpha value is -1.59. The lowest BCUT2D eigenvalue weighted by Gasteiger charge is -2.30. The Bertz CT molecular complexity index is 411. The molecule has 0 radical (unpaired) electrons. The lowest BCUT2D eigenvalue weighted by atomic mass is 9.96. The third kappa shape index (κ3) is 3.94. The van der Waals surface area contributed by atoms with E-state index in [0.29, 0.717) is 6.54 Å². The lowest BCUT2D eigenvalue weighted by Crippen LogP contribution is -2.40. The topological polar surface area (TPSA) is 78.6 Å². The molecule has 5 nitrogen and oxygen atoms in total. The number of nitrogens with one attached hydrogen (secondary N) is 1. The Balaban J connectivity index is 1.83. The van der Waals surface area contributed by atoms with Gasteiger partial charge in [0.15, 0.2) is 0 Å². The molecule has 1 amide bonds. The normalized spacial score (nSPS) is 17.3. The highest BCUT2D eigenvalue weighted by atomic mass is 16.3. The Kier molecular flexibility index (Phi) is 4.76. The van der Waals surface area contributed by atoms with Crippen molar-refractivity contribution in [3.63, 3.8) is 0 Å². The number of anilines is 1. The first-order chi connectivity index (χ1) is 9.19. The predicted octanol–water partition coefficient (Wildman–Crippen LogP) is 1.00. The van der Waals surface area contributed by atoms with Gasteiger partial charge in [0.25, 0.3) is 0 Å². The second-order valence-corrected chi connectivity index (χ2v) is 4.94. The van der Waals surface area contributed by atoms with Crippen molar-refractivity contribution in [1.29, 1.82) is 0 Å². The molecule has 0 bridgehead atoms. The Labute approximate surface area is 113 Å². The van der Waals surface area contributed by atoms with Gasteiger partial charge in [-0.15, -0.1) is 0 Å². The van der Waals surface area contributed by atoms with Crippen LogP contribution in [0.4, 0.5) is 5.69 Å². The number of aromatic hydroxyl groups is 1. The largest absolute Gasteiger partial charge is 0.508 e. The highest BCUT2D eigenvalue weighted by Crippen LogP contribution is 2.20. The van der Waals surface area contributed by atoms with Gasteiger partial charge in [-0.2, -0.15) is 0 Å². The summed E-state index contributed by atoms with van der Waals surface area (Å²) in [5.41, 5.74) is 6.26. The number of phenolic OH excluding ortho intramolecular Hbond substituents is 1. The third-order valence-corrected chi connectivity index (χ3v) is 3.54. The molecule has 1 aromatic rings. The van der Waals surface area contributed by atoms with Crippen molar-refractivity contribution in [3.05, 3.63) is 24.3 Å². The number of phenols is 1. The summed E-state index contributed by atoms with van der Waals surface area (Å²) in [5, 5.41) is 12.1. The monoisotopic (exact) mass is 263 g/mol. The maximum absolute atomic E-state index is 12.1. The summed E-state index contributed by atoms with van der Waals surface area (Å²) in [7, 11) is 0. The van der Waals surface area contributed by atoms with Crippen molar-refractivity contribution in [3.8, 4) is 5.75 Å². The molecule has 104 valence electrons. The summed E-state index contributed by atoms with van der Waals surface area (Å²) in [6.07, 6.45) is 1.76. The first-order valence-electron chi connectivity index (χ1n) is 6.71. The van der Waals surface area contributed by atoms with Gasteiger partial charge in [-0.05, 0) is 50.2 Å². The molecule has 4 N–H and O–H groups in total. The van der Waals surface area contributed by atoms with Gasteiger partial charge >= 0.3 is 0 Å². The molecule has 1 aromatic carbocycles. The fourth-order valence-corrected chi connectivity index (χ4v) is 2.39. The highest BCUT2D eigenvalue weighted by Gasteiger charge is 2.24. The molecule has 5 heteroatoms. The van der Waals surface area contributed by atoms with E-state index >= 15 is 0 Å². The third-order valence-electron chi connectivity index (χ3n) is 3.54. The number of nitrogens with zero attached hydrogens (tertiary/aromatic N) is 1. The van der Waals surface area contributed by atoms with E-state index < -0.39 is 0 Å². The van der Waals surface area contributed by atoms with E-state index in [9.17, 15) is 9.90 Å². The molecule has 0 atom stereocenters. The van der Waals surface area contributed by atoms with E-state index in [4.69, 9.17) is 5.73 Å². The SMILES string of the molecule is NCCN1CCC(C(=O)Nc2ccc(O)cc2)CC1.